The number of amidine groups is 1. The van der Waals surface area contributed by atoms with Crippen LogP contribution in [0, 0.1) is 18.3 Å². The second-order valence-corrected chi connectivity index (χ2v) is 8.91. The first-order chi connectivity index (χ1) is 15.9. The molecule has 1 aromatic heterocycles. The van der Waals surface area contributed by atoms with Crippen LogP contribution in [0.3, 0.4) is 0 Å². The molecule has 0 N–H and O–H groups in total. The molecule has 0 spiro atoms. The van der Waals surface area contributed by atoms with Gasteiger partial charge in [-0.2, -0.15) is 5.26 Å². The summed E-state index contributed by atoms with van der Waals surface area (Å²) in [6.45, 7) is 17.5. The summed E-state index contributed by atoms with van der Waals surface area (Å²) in [4.78, 5) is 14.5. The summed E-state index contributed by atoms with van der Waals surface area (Å²) in [5.41, 5.74) is 5.74. The zero-order chi connectivity index (χ0) is 24.0. The van der Waals surface area contributed by atoms with E-state index in [1.54, 1.807) is 6.07 Å². The highest BCUT2D eigenvalue weighted by atomic mass is 15.3. The highest BCUT2D eigenvalue weighted by Crippen LogP contribution is 2.29. The Morgan fingerprint density at radius 2 is 1.91 bits per heavy atom. The lowest BCUT2D eigenvalue weighted by Crippen LogP contribution is -2.56. The van der Waals surface area contributed by atoms with Crippen LogP contribution >= 0.6 is 0 Å². The number of hydrogen-bond donors (Lipinski definition) is 0. The van der Waals surface area contributed by atoms with Gasteiger partial charge in [0.25, 0.3) is 0 Å². The maximum atomic E-state index is 9.40. The van der Waals surface area contributed by atoms with Gasteiger partial charge in [-0.1, -0.05) is 57.7 Å². The van der Waals surface area contributed by atoms with Gasteiger partial charge in [-0.3, -0.25) is 4.90 Å². The maximum Gasteiger partial charge on any atom is 0.155 e. The van der Waals surface area contributed by atoms with E-state index in [2.05, 4.69) is 72.5 Å². The highest BCUT2D eigenvalue weighted by Gasteiger charge is 2.33. The van der Waals surface area contributed by atoms with E-state index in [9.17, 15) is 5.26 Å². The first-order valence-corrected chi connectivity index (χ1v) is 12.1. The lowest BCUT2D eigenvalue weighted by molar-refractivity contribution is 0.0843. The Balaban J connectivity index is 1.90. The summed E-state index contributed by atoms with van der Waals surface area (Å²) in [5.74, 6) is 0.837. The average molecular weight is 444 g/mol. The number of benzene rings is 1. The lowest BCUT2D eigenvalue weighted by Gasteiger charge is -2.45. The molecule has 0 radical (unpaired) electrons. The molecule has 1 aliphatic heterocycles. The molecule has 2 atom stereocenters. The first kappa shape index (κ1) is 24.7. The average Bonchev–Trinajstić information content (AvgIpc) is 2.83. The van der Waals surface area contributed by atoms with E-state index in [1.165, 1.54) is 11.1 Å². The van der Waals surface area contributed by atoms with Crippen molar-refractivity contribution in [1.82, 2.24) is 14.8 Å². The molecule has 0 amide bonds. The quantitative estimate of drug-likeness (QED) is 0.410. The van der Waals surface area contributed by atoms with Crippen LogP contribution in [0.2, 0.25) is 0 Å². The zero-order valence-corrected chi connectivity index (χ0v) is 20.8. The highest BCUT2D eigenvalue weighted by molar-refractivity contribution is 5.99. The Bertz CT molecular complexity index is 1030. The second kappa shape index (κ2) is 11.2. The third-order valence-electron chi connectivity index (χ3n) is 6.58. The number of nitriles is 1. The van der Waals surface area contributed by atoms with Crippen LogP contribution in [-0.4, -0.2) is 46.3 Å². The number of nitrogens with zero attached hydrogens (tertiary/aromatic N) is 5. The van der Waals surface area contributed by atoms with E-state index in [0.717, 1.165) is 61.7 Å². The van der Waals surface area contributed by atoms with Crippen LogP contribution in [0.5, 0.6) is 0 Å². The fourth-order valence-corrected chi connectivity index (χ4v) is 4.72. The van der Waals surface area contributed by atoms with Crippen molar-refractivity contribution >= 4 is 5.84 Å². The van der Waals surface area contributed by atoms with Gasteiger partial charge in [-0.05, 0) is 55.9 Å². The molecule has 2 heterocycles. The lowest BCUT2D eigenvalue weighted by atomic mass is 9.97. The third-order valence-corrected chi connectivity index (χ3v) is 6.58. The van der Waals surface area contributed by atoms with E-state index in [0.29, 0.717) is 17.8 Å². The number of piperazine rings is 1. The Morgan fingerprint density at radius 1 is 1.18 bits per heavy atom. The van der Waals surface area contributed by atoms with Gasteiger partial charge in [0.15, 0.2) is 5.84 Å². The minimum Gasteiger partial charge on any atom is -0.349 e. The predicted molar refractivity (Wildman–Crippen MR) is 136 cm³/mol. The number of hydrogen-bond acceptors (Lipinski definition) is 4. The normalized spacial score (nSPS) is 18.1. The molecule has 33 heavy (non-hydrogen) atoms. The van der Waals surface area contributed by atoms with Crippen molar-refractivity contribution in [2.24, 2.45) is 4.99 Å². The van der Waals surface area contributed by atoms with Crippen molar-refractivity contribution in [2.75, 3.05) is 19.6 Å². The van der Waals surface area contributed by atoms with Gasteiger partial charge >= 0.3 is 0 Å². The van der Waals surface area contributed by atoms with Gasteiger partial charge in [-0.25, -0.2) is 9.98 Å². The van der Waals surface area contributed by atoms with E-state index in [-0.39, 0.29) is 0 Å². The standard InChI is InChI=1S/C28H37N5/c1-7-22-11-13-23(14-12-22)26(9-3)32-16-17-33(25(8-2)19-32)28(30-20(4)5)27-21(6)10-15-24(18-29)31-27/h10-15,25-26H,4,7-9,16-17,19H2,1-3,5-6H3. The molecule has 174 valence electrons. The molecule has 2 unspecified atom stereocenters. The summed E-state index contributed by atoms with van der Waals surface area (Å²) < 4.78 is 0. The molecule has 0 aliphatic carbocycles. The molecule has 5 heteroatoms. The summed E-state index contributed by atoms with van der Waals surface area (Å²) in [5, 5.41) is 9.40. The Kier molecular flexibility index (Phi) is 8.41. The number of aromatic nitrogens is 1. The van der Waals surface area contributed by atoms with Gasteiger partial charge in [0.1, 0.15) is 17.5 Å². The summed E-state index contributed by atoms with van der Waals surface area (Å²) >= 11 is 0. The third kappa shape index (κ3) is 5.69. The zero-order valence-electron chi connectivity index (χ0n) is 20.8. The monoisotopic (exact) mass is 443 g/mol. The van der Waals surface area contributed by atoms with Crippen LogP contribution in [0.15, 0.2) is 53.7 Å². The van der Waals surface area contributed by atoms with Crippen molar-refractivity contribution in [2.45, 2.75) is 66.0 Å². The Labute approximate surface area is 199 Å². The van der Waals surface area contributed by atoms with E-state index >= 15 is 0 Å². The van der Waals surface area contributed by atoms with Gasteiger partial charge in [0.2, 0.25) is 0 Å². The molecular formula is C28H37N5. The fourth-order valence-electron chi connectivity index (χ4n) is 4.72. The van der Waals surface area contributed by atoms with Crippen LogP contribution in [-0.2, 0) is 6.42 Å². The molecule has 0 bridgehead atoms. The Morgan fingerprint density at radius 3 is 2.48 bits per heavy atom. The van der Waals surface area contributed by atoms with Gasteiger partial charge in [-0.15, -0.1) is 0 Å². The molecule has 1 fully saturated rings. The van der Waals surface area contributed by atoms with Crippen LogP contribution in [0.1, 0.15) is 74.7 Å². The largest absolute Gasteiger partial charge is 0.349 e. The second-order valence-electron chi connectivity index (χ2n) is 8.91. The van der Waals surface area contributed by atoms with Gasteiger partial charge in [0, 0.05) is 37.4 Å². The Hall–Kier alpha value is -2.97. The molecule has 3 rings (SSSR count). The summed E-state index contributed by atoms with van der Waals surface area (Å²) in [7, 11) is 0. The number of aryl methyl sites for hydroxylation is 2. The van der Waals surface area contributed by atoms with E-state index in [1.807, 2.05) is 19.9 Å². The minimum absolute atomic E-state index is 0.313. The van der Waals surface area contributed by atoms with E-state index < -0.39 is 0 Å². The molecular weight excluding hydrogens is 406 g/mol. The predicted octanol–water partition coefficient (Wildman–Crippen LogP) is 5.65. The van der Waals surface area contributed by atoms with Crippen molar-refractivity contribution in [1.29, 1.82) is 5.26 Å². The van der Waals surface area contributed by atoms with Crippen LogP contribution in [0.25, 0.3) is 0 Å². The fraction of sp³-hybridized carbons (Fsp3) is 0.464. The molecule has 5 nitrogen and oxygen atoms in total. The topological polar surface area (TPSA) is 55.5 Å². The first-order valence-electron chi connectivity index (χ1n) is 12.1. The van der Waals surface area contributed by atoms with Gasteiger partial charge < -0.3 is 4.90 Å². The number of allylic oxidation sites excluding steroid dienone is 1. The van der Waals surface area contributed by atoms with Crippen LogP contribution < -0.4 is 0 Å². The molecule has 2 aromatic rings. The smallest absolute Gasteiger partial charge is 0.155 e. The van der Waals surface area contributed by atoms with Crippen molar-refractivity contribution in [3.8, 4) is 6.07 Å². The summed E-state index contributed by atoms with van der Waals surface area (Å²) in [6.07, 6.45) is 3.16. The minimum atomic E-state index is 0.313. The van der Waals surface area contributed by atoms with Gasteiger partial charge in [0.05, 0.1) is 0 Å². The summed E-state index contributed by atoms with van der Waals surface area (Å²) in [6, 6.07) is 15.7. The van der Waals surface area contributed by atoms with E-state index in [4.69, 9.17) is 4.99 Å². The van der Waals surface area contributed by atoms with Crippen molar-refractivity contribution < 1.29 is 0 Å². The molecule has 0 saturated carbocycles. The molecule has 1 aliphatic rings. The van der Waals surface area contributed by atoms with Crippen LogP contribution in [0.4, 0.5) is 0 Å². The molecule has 1 aromatic carbocycles. The number of pyridine rings is 1. The number of rotatable bonds is 7. The number of aliphatic imine (C=N–C) groups is 1. The molecule has 1 saturated heterocycles. The maximum absolute atomic E-state index is 9.40. The SMILES string of the molecule is C=C(C)N=C(c1nc(C#N)ccc1C)N1CCN(C(CC)c2ccc(CC)cc2)CC1CC. The van der Waals surface area contributed by atoms with Crippen molar-refractivity contribution in [3.63, 3.8) is 0 Å². The van der Waals surface area contributed by atoms with Crippen molar-refractivity contribution in [3.05, 3.63) is 76.8 Å².